The monoisotopic (exact) mass is 279 g/mol. The summed E-state index contributed by atoms with van der Waals surface area (Å²) in [4.78, 5) is 4.51. The van der Waals surface area contributed by atoms with Crippen molar-refractivity contribution < 1.29 is 4.74 Å². The van der Waals surface area contributed by atoms with Gasteiger partial charge in [-0.05, 0) is 45.6 Å². The number of nitrogens with one attached hydrogen (secondary N) is 1. The Kier molecular flexibility index (Phi) is 6.54. The van der Waals surface area contributed by atoms with Crippen LogP contribution < -0.4 is 5.32 Å². The lowest BCUT2D eigenvalue weighted by atomic mass is 10.00. The lowest BCUT2D eigenvalue weighted by molar-refractivity contribution is 0.00866. The van der Waals surface area contributed by atoms with Gasteiger partial charge in [-0.25, -0.2) is 4.98 Å². The average Bonchev–Trinajstić information content (AvgIpc) is 2.92. The zero-order chi connectivity index (χ0) is 14.2. The zero-order valence-corrected chi connectivity index (χ0v) is 13.0. The van der Waals surface area contributed by atoms with E-state index in [1.165, 1.54) is 37.9 Å². The predicted molar refractivity (Wildman–Crippen MR) is 81.9 cm³/mol. The molecule has 1 saturated heterocycles. The van der Waals surface area contributed by atoms with Gasteiger partial charge in [-0.2, -0.15) is 0 Å². The van der Waals surface area contributed by atoms with Crippen molar-refractivity contribution in [2.45, 2.75) is 70.6 Å². The van der Waals surface area contributed by atoms with Gasteiger partial charge in [0.05, 0.1) is 6.10 Å². The largest absolute Gasteiger partial charge is 0.378 e. The van der Waals surface area contributed by atoms with Crippen LogP contribution in [0.1, 0.15) is 51.3 Å². The van der Waals surface area contributed by atoms with E-state index in [2.05, 4.69) is 35.0 Å². The molecule has 1 aliphatic rings. The second-order valence-corrected chi connectivity index (χ2v) is 5.79. The van der Waals surface area contributed by atoms with Crippen molar-refractivity contribution in [1.29, 1.82) is 0 Å². The summed E-state index contributed by atoms with van der Waals surface area (Å²) in [5.74, 6) is 1.20. The number of hydrogen-bond acceptors (Lipinski definition) is 3. The Hall–Kier alpha value is -0.870. The first kappa shape index (κ1) is 15.5. The quantitative estimate of drug-likeness (QED) is 0.795. The molecule has 2 heterocycles. The topological polar surface area (TPSA) is 39.1 Å². The molecule has 1 fully saturated rings. The van der Waals surface area contributed by atoms with Gasteiger partial charge in [-0.3, -0.25) is 0 Å². The first-order valence-corrected chi connectivity index (χ1v) is 8.12. The fourth-order valence-corrected chi connectivity index (χ4v) is 2.97. The molecule has 2 atom stereocenters. The Morgan fingerprint density at radius 3 is 3.10 bits per heavy atom. The molecule has 0 saturated carbocycles. The normalized spacial score (nSPS) is 21.0. The molecule has 114 valence electrons. The second-order valence-electron chi connectivity index (χ2n) is 5.79. The molecule has 1 aromatic rings. The molecular formula is C16H29N3O. The lowest BCUT2D eigenvalue weighted by Gasteiger charge is -2.24. The van der Waals surface area contributed by atoms with Crippen LogP contribution in [0.4, 0.5) is 0 Å². The van der Waals surface area contributed by atoms with Crippen LogP contribution in [0.15, 0.2) is 12.4 Å². The van der Waals surface area contributed by atoms with Crippen LogP contribution in [0, 0.1) is 0 Å². The maximum Gasteiger partial charge on any atom is 0.110 e. The molecule has 20 heavy (non-hydrogen) atoms. The SMILES string of the molecule is CCCn1ccnc1CC(CCC1CCCCO1)NC. The third-order valence-corrected chi connectivity index (χ3v) is 4.21. The number of nitrogens with zero attached hydrogens (tertiary/aromatic N) is 2. The van der Waals surface area contributed by atoms with Crippen LogP contribution >= 0.6 is 0 Å². The van der Waals surface area contributed by atoms with E-state index < -0.39 is 0 Å². The molecule has 1 N–H and O–H groups in total. The molecule has 1 aliphatic heterocycles. The third-order valence-electron chi connectivity index (χ3n) is 4.21. The molecular weight excluding hydrogens is 250 g/mol. The van der Waals surface area contributed by atoms with E-state index >= 15 is 0 Å². The van der Waals surface area contributed by atoms with Gasteiger partial charge in [0.2, 0.25) is 0 Å². The van der Waals surface area contributed by atoms with Gasteiger partial charge in [0, 0.05) is 38.0 Å². The van der Waals surface area contributed by atoms with Gasteiger partial charge >= 0.3 is 0 Å². The lowest BCUT2D eigenvalue weighted by Crippen LogP contribution is -2.31. The summed E-state index contributed by atoms with van der Waals surface area (Å²) in [6, 6.07) is 0.499. The van der Waals surface area contributed by atoms with Crippen molar-refractivity contribution in [3.05, 3.63) is 18.2 Å². The Labute approximate surface area is 122 Å². The van der Waals surface area contributed by atoms with Crippen LogP contribution in [0.25, 0.3) is 0 Å². The minimum absolute atomic E-state index is 0.481. The van der Waals surface area contributed by atoms with E-state index in [9.17, 15) is 0 Å². The summed E-state index contributed by atoms with van der Waals surface area (Å²) in [6.07, 6.45) is 12.8. The molecule has 0 radical (unpaired) electrons. The van der Waals surface area contributed by atoms with Crippen molar-refractivity contribution in [3.8, 4) is 0 Å². The van der Waals surface area contributed by atoms with Gasteiger partial charge < -0.3 is 14.6 Å². The van der Waals surface area contributed by atoms with Crippen LogP contribution in [0.3, 0.4) is 0 Å². The summed E-state index contributed by atoms with van der Waals surface area (Å²) in [5.41, 5.74) is 0. The van der Waals surface area contributed by atoms with Gasteiger partial charge in [0.1, 0.15) is 5.82 Å². The van der Waals surface area contributed by atoms with Crippen LogP contribution in [0.2, 0.25) is 0 Å². The van der Waals surface area contributed by atoms with Crippen molar-refractivity contribution in [3.63, 3.8) is 0 Å². The minimum atomic E-state index is 0.481. The molecule has 0 bridgehead atoms. The van der Waals surface area contributed by atoms with E-state index in [1.807, 2.05) is 6.20 Å². The molecule has 0 amide bonds. The zero-order valence-electron chi connectivity index (χ0n) is 13.0. The number of ether oxygens (including phenoxy) is 1. The summed E-state index contributed by atoms with van der Waals surface area (Å²) >= 11 is 0. The summed E-state index contributed by atoms with van der Waals surface area (Å²) in [5, 5.41) is 3.44. The average molecular weight is 279 g/mol. The van der Waals surface area contributed by atoms with Gasteiger partial charge in [0.25, 0.3) is 0 Å². The second kappa shape index (κ2) is 8.42. The standard InChI is InChI=1S/C16H29N3O/c1-3-10-19-11-9-18-16(19)13-14(17-2)7-8-15-6-4-5-12-20-15/h9,11,14-15,17H,3-8,10,12-13H2,1-2H3. The van der Waals surface area contributed by atoms with Gasteiger partial charge in [-0.1, -0.05) is 6.92 Å². The highest BCUT2D eigenvalue weighted by molar-refractivity contribution is 4.95. The number of hydrogen-bond donors (Lipinski definition) is 1. The third kappa shape index (κ3) is 4.60. The molecule has 1 aromatic heterocycles. The van der Waals surface area contributed by atoms with Gasteiger partial charge in [-0.15, -0.1) is 0 Å². The summed E-state index contributed by atoms with van der Waals surface area (Å²) < 4.78 is 8.10. The summed E-state index contributed by atoms with van der Waals surface area (Å²) in [6.45, 7) is 4.23. The fourth-order valence-electron chi connectivity index (χ4n) is 2.97. The number of aromatic nitrogens is 2. The smallest absolute Gasteiger partial charge is 0.110 e. The van der Waals surface area contributed by atoms with Crippen LogP contribution in [-0.4, -0.2) is 35.4 Å². The molecule has 2 rings (SSSR count). The first-order valence-electron chi connectivity index (χ1n) is 8.12. The maximum absolute atomic E-state index is 5.82. The Bertz CT molecular complexity index is 372. The van der Waals surface area contributed by atoms with E-state index in [-0.39, 0.29) is 0 Å². The van der Waals surface area contributed by atoms with Crippen LogP contribution in [0.5, 0.6) is 0 Å². The van der Waals surface area contributed by atoms with E-state index in [0.29, 0.717) is 12.1 Å². The van der Waals surface area contributed by atoms with E-state index in [0.717, 1.165) is 26.0 Å². The Morgan fingerprint density at radius 2 is 2.40 bits per heavy atom. The predicted octanol–water partition coefficient (Wildman–Crippen LogP) is 2.77. The molecule has 0 aromatic carbocycles. The molecule has 0 spiro atoms. The van der Waals surface area contributed by atoms with Crippen LogP contribution in [-0.2, 0) is 17.7 Å². The number of aryl methyl sites for hydroxylation is 1. The number of rotatable bonds is 8. The minimum Gasteiger partial charge on any atom is -0.378 e. The van der Waals surface area contributed by atoms with E-state index in [1.54, 1.807) is 0 Å². The highest BCUT2D eigenvalue weighted by Gasteiger charge is 2.17. The molecule has 2 unspecified atom stereocenters. The fraction of sp³-hybridized carbons (Fsp3) is 0.812. The summed E-state index contributed by atoms with van der Waals surface area (Å²) in [7, 11) is 2.06. The molecule has 0 aliphatic carbocycles. The van der Waals surface area contributed by atoms with Crippen molar-refractivity contribution >= 4 is 0 Å². The Morgan fingerprint density at radius 1 is 1.50 bits per heavy atom. The first-order chi connectivity index (χ1) is 9.83. The highest BCUT2D eigenvalue weighted by atomic mass is 16.5. The maximum atomic E-state index is 5.82. The molecule has 4 nitrogen and oxygen atoms in total. The van der Waals surface area contributed by atoms with Gasteiger partial charge in [0.15, 0.2) is 0 Å². The highest BCUT2D eigenvalue weighted by Crippen LogP contribution is 2.18. The van der Waals surface area contributed by atoms with Crippen molar-refractivity contribution in [2.75, 3.05) is 13.7 Å². The molecule has 4 heteroatoms. The number of imidazole rings is 1. The van der Waals surface area contributed by atoms with E-state index in [4.69, 9.17) is 4.74 Å². The van der Waals surface area contributed by atoms with Crippen molar-refractivity contribution in [2.24, 2.45) is 0 Å². The number of likely N-dealkylation sites (N-methyl/N-ethyl adjacent to an activating group) is 1. The van der Waals surface area contributed by atoms with Crippen molar-refractivity contribution in [1.82, 2.24) is 14.9 Å². The Balaban J connectivity index is 1.80.